The Labute approximate surface area is 219 Å². The van der Waals surface area contributed by atoms with E-state index in [-0.39, 0.29) is 16.7 Å². The van der Waals surface area contributed by atoms with Gasteiger partial charge in [-0.25, -0.2) is 4.79 Å². The van der Waals surface area contributed by atoms with Crippen LogP contribution in [0, 0.1) is 10.8 Å². The number of carboxylic acid groups (broad SMARTS) is 1. The molecule has 2 aromatic carbocycles. The van der Waals surface area contributed by atoms with Crippen molar-refractivity contribution in [3.8, 4) is 0 Å². The Morgan fingerprint density at radius 2 is 1.46 bits per heavy atom. The molecule has 1 N–H and O–H groups in total. The minimum absolute atomic E-state index is 0.0818. The lowest BCUT2D eigenvalue weighted by Crippen LogP contribution is -2.48. The fourth-order valence-corrected chi connectivity index (χ4v) is 6.42. The Balaban J connectivity index is 1.32. The fraction of sp³-hybridized carbons (Fsp3) is 0.419. The molecule has 6 nitrogen and oxygen atoms in total. The molecule has 37 heavy (non-hydrogen) atoms. The topological polar surface area (TPSA) is 64.1 Å². The normalized spacial score (nSPS) is 23.7. The first kappa shape index (κ1) is 25.3. The Morgan fingerprint density at radius 3 is 2.08 bits per heavy atom. The Morgan fingerprint density at radius 1 is 0.838 bits per heavy atom. The van der Waals surface area contributed by atoms with Crippen LogP contribution in [0.2, 0.25) is 0 Å². The minimum atomic E-state index is -0.912. The monoisotopic (exact) mass is 499 g/mol. The molecule has 2 aliphatic heterocycles. The van der Waals surface area contributed by atoms with E-state index in [0.29, 0.717) is 18.7 Å². The second-order valence-corrected chi connectivity index (χ2v) is 11.5. The van der Waals surface area contributed by atoms with Crippen LogP contribution < -0.4 is 4.90 Å². The van der Waals surface area contributed by atoms with Crippen LogP contribution in [0.15, 0.2) is 66.3 Å². The molecule has 0 saturated carbocycles. The van der Waals surface area contributed by atoms with Crippen LogP contribution in [0.25, 0.3) is 5.57 Å². The zero-order valence-electron chi connectivity index (χ0n) is 22.3. The molecule has 1 atom stereocenters. The van der Waals surface area contributed by atoms with Crippen molar-refractivity contribution in [2.45, 2.75) is 27.2 Å². The number of piperazine rings is 1. The largest absolute Gasteiger partial charge is 0.478 e. The molecule has 1 aliphatic carbocycles. The lowest BCUT2D eigenvalue weighted by atomic mass is 9.58. The van der Waals surface area contributed by atoms with Gasteiger partial charge in [-0.05, 0) is 61.0 Å². The van der Waals surface area contributed by atoms with Gasteiger partial charge in [0.25, 0.3) is 5.91 Å². The summed E-state index contributed by atoms with van der Waals surface area (Å²) in [6.45, 7) is 12.2. The SMILES string of the molecule is CN1CCN(c2ccc(C(=O)N3CC=C4C(C)(C)C(c5ccc(C(=O)O)cc5)=CC[C@]4(C)C3)cc2)CC1. The summed E-state index contributed by atoms with van der Waals surface area (Å²) in [5.74, 6) is -0.831. The lowest BCUT2D eigenvalue weighted by Gasteiger charge is -2.50. The average Bonchev–Trinajstić information content (AvgIpc) is 2.88. The number of anilines is 1. The molecule has 2 aromatic rings. The summed E-state index contributed by atoms with van der Waals surface area (Å²) in [5.41, 5.74) is 5.49. The average molecular weight is 500 g/mol. The third-order valence-electron chi connectivity index (χ3n) is 8.52. The smallest absolute Gasteiger partial charge is 0.335 e. The Kier molecular flexibility index (Phi) is 6.48. The van der Waals surface area contributed by atoms with Gasteiger partial charge in [0.05, 0.1) is 5.56 Å². The van der Waals surface area contributed by atoms with Gasteiger partial charge in [0, 0.05) is 61.3 Å². The number of carboxylic acids is 1. The van der Waals surface area contributed by atoms with E-state index in [2.05, 4.69) is 61.9 Å². The van der Waals surface area contributed by atoms with Crippen molar-refractivity contribution in [2.75, 3.05) is 51.2 Å². The van der Waals surface area contributed by atoms with Gasteiger partial charge in [-0.1, -0.05) is 50.6 Å². The quantitative estimate of drug-likeness (QED) is 0.598. The van der Waals surface area contributed by atoms with Crippen molar-refractivity contribution >= 4 is 23.1 Å². The third-order valence-corrected chi connectivity index (χ3v) is 8.52. The van der Waals surface area contributed by atoms with E-state index >= 15 is 0 Å². The number of hydrogen-bond donors (Lipinski definition) is 1. The van der Waals surface area contributed by atoms with Gasteiger partial charge in [-0.3, -0.25) is 4.79 Å². The molecule has 5 rings (SSSR count). The number of likely N-dealkylation sites (N-methyl/N-ethyl adjacent to an activating group) is 1. The second kappa shape index (κ2) is 9.49. The molecule has 3 aliphatic rings. The molecular weight excluding hydrogens is 462 g/mol. The van der Waals surface area contributed by atoms with E-state index < -0.39 is 5.97 Å². The van der Waals surface area contributed by atoms with Crippen LogP contribution >= 0.6 is 0 Å². The highest BCUT2D eigenvalue weighted by atomic mass is 16.4. The summed E-state index contributed by atoms with van der Waals surface area (Å²) < 4.78 is 0. The highest BCUT2D eigenvalue weighted by molar-refractivity contribution is 5.95. The van der Waals surface area contributed by atoms with Crippen molar-refractivity contribution in [1.29, 1.82) is 0 Å². The van der Waals surface area contributed by atoms with E-state index in [1.807, 2.05) is 29.2 Å². The highest BCUT2D eigenvalue weighted by Gasteiger charge is 2.46. The van der Waals surface area contributed by atoms with Crippen LogP contribution in [0.3, 0.4) is 0 Å². The van der Waals surface area contributed by atoms with E-state index in [1.165, 1.54) is 16.8 Å². The molecule has 194 valence electrons. The van der Waals surface area contributed by atoms with Crippen molar-refractivity contribution in [3.63, 3.8) is 0 Å². The van der Waals surface area contributed by atoms with Gasteiger partial charge >= 0.3 is 5.97 Å². The molecule has 0 aromatic heterocycles. The number of aromatic carboxylic acids is 1. The molecule has 0 spiro atoms. The van der Waals surface area contributed by atoms with Crippen LogP contribution in [-0.4, -0.2) is 73.1 Å². The zero-order valence-corrected chi connectivity index (χ0v) is 22.3. The molecule has 0 radical (unpaired) electrons. The first-order chi connectivity index (χ1) is 17.6. The third kappa shape index (κ3) is 4.71. The highest BCUT2D eigenvalue weighted by Crippen LogP contribution is 2.55. The first-order valence-corrected chi connectivity index (χ1v) is 13.2. The summed E-state index contributed by atoms with van der Waals surface area (Å²) in [7, 11) is 2.15. The number of rotatable bonds is 4. The van der Waals surface area contributed by atoms with Crippen molar-refractivity contribution in [1.82, 2.24) is 9.80 Å². The van der Waals surface area contributed by atoms with E-state index in [9.17, 15) is 14.7 Å². The van der Waals surface area contributed by atoms with Crippen molar-refractivity contribution < 1.29 is 14.7 Å². The molecular formula is C31H37N3O3. The number of benzene rings is 2. The Bertz CT molecular complexity index is 1250. The van der Waals surface area contributed by atoms with Crippen LogP contribution in [0.4, 0.5) is 5.69 Å². The molecule has 0 bridgehead atoms. The van der Waals surface area contributed by atoms with E-state index in [1.54, 1.807) is 12.1 Å². The number of hydrogen-bond acceptors (Lipinski definition) is 4. The number of carbonyl (C=O) groups is 2. The molecule has 1 amide bonds. The van der Waals surface area contributed by atoms with E-state index in [4.69, 9.17) is 0 Å². The summed E-state index contributed by atoms with van der Waals surface area (Å²) in [6, 6.07) is 15.3. The van der Waals surface area contributed by atoms with Gasteiger partial charge in [-0.15, -0.1) is 0 Å². The fourth-order valence-electron chi connectivity index (χ4n) is 6.42. The van der Waals surface area contributed by atoms with Gasteiger partial charge in [0.15, 0.2) is 0 Å². The number of allylic oxidation sites excluding steroid dienone is 2. The van der Waals surface area contributed by atoms with Crippen molar-refractivity contribution in [3.05, 3.63) is 82.9 Å². The lowest BCUT2D eigenvalue weighted by molar-refractivity contribution is 0.0678. The van der Waals surface area contributed by atoms with Gasteiger partial charge in [-0.2, -0.15) is 0 Å². The van der Waals surface area contributed by atoms with Crippen LogP contribution in [-0.2, 0) is 0 Å². The summed E-state index contributed by atoms with van der Waals surface area (Å²) >= 11 is 0. The van der Waals surface area contributed by atoms with Gasteiger partial charge in [0.1, 0.15) is 0 Å². The number of nitrogens with zero attached hydrogens (tertiary/aromatic N) is 3. The summed E-state index contributed by atoms with van der Waals surface area (Å²) in [4.78, 5) is 31.5. The number of amides is 1. The van der Waals surface area contributed by atoms with Crippen LogP contribution in [0.1, 0.15) is 53.5 Å². The predicted octanol–water partition coefficient (Wildman–Crippen LogP) is 5.04. The first-order valence-electron chi connectivity index (χ1n) is 13.2. The molecule has 2 heterocycles. The zero-order chi connectivity index (χ0) is 26.4. The number of carbonyl (C=O) groups excluding carboxylic acids is 1. The predicted molar refractivity (Wildman–Crippen MR) is 148 cm³/mol. The maximum Gasteiger partial charge on any atom is 0.335 e. The number of fused-ring (bicyclic) bond motifs is 1. The van der Waals surface area contributed by atoms with Gasteiger partial charge in [0.2, 0.25) is 0 Å². The molecule has 6 heteroatoms. The second-order valence-electron chi connectivity index (χ2n) is 11.5. The molecule has 1 fully saturated rings. The minimum Gasteiger partial charge on any atom is -0.478 e. The van der Waals surface area contributed by atoms with Gasteiger partial charge < -0.3 is 19.8 Å². The van der Waals surface area contributed by atoms with E-state index in [0.717, 1.165) is 43.7 Å². The van der Waals surface area contributed by atoms with Crippen molar-refractivity contribution in [2.24, 2.45) is 10.8 Å². The molecule has 0 unspecified atom stereocenters. The molecule has 1 saturated heterocycles. The summed E-state index contributed by atoms with van der Waals surface area (Å²) in [5, 5.41) is 9.25. The standard InChI is InChI=1S/C31H37N3O3/c1-30(2)26(22-5-7-24(8-6-22)29(36)37)13-15-31(3)21-34(16-14-27(30)31)28(35)23-9-11-25(12-10-23)33-19-17-32(4)18-20-33/h5-14H,15-21H2,1-4H3,(H,36,37)/t31-/m1/s1. The summed E-state index contributed by atoms with van der Waals surface area (Å²) in [6.07, 6.45) is 5.37. The Hall–Kier alpha value is -3.38. The maximum atomic E-state index is 13.5. The van der Waals surface area contributed by atoms with Crippen LogP contribution in [0.5, 0.6) is 0 Å². The maximum absolute atomic E-state index is 13.5.